The topological polar surface area (TPSA) is 88.1 Å². The van der Waals surface area contributed by atoms with Gasteiger partial charge in [-0.05, 0) is 31.5 Å². The molecule has 0 spiro atoms. The van der Waals surface area contributed by atoms with Gasteiger partial charge in [0.1, 0.15) is 12.4 Å². The quantitative estimate of drug-likeness (QED) is 0.218. The minimum Gasteiger partial charge on any atom is -0.492 e. The molecule has 0 aliphatic rings. The van der Waals surface area contributed by atoms with Crippen molar-refractivity contribution in [3.63, 3.8) is 0 Å². The molecule has 1 rings (SSSR count). The first kappa shape index (κ1) is 37.8. The van der Waals surface area contributed by atoms with Crippen LogP contribution < -0.4 is 10.1 Å². The number of rotatable bonds is 16. The van der Waals surface area contributed by atoms with Gasteiger partial charge in [-0.3, -0.25) is 0 Å². The zero-order chi connectivity index (χ0) is 33.7. The molecule has 0 aliphatic carbocycles. The maximum atomic E-state index is 14.4. The summed E-state index contributed by atoms with van der Waals surface area (Å²) in [4.78, 5) is 22.9. The molecule has 1 atom stereocenters. The van der Waals surface area contributed by atoms with E-state index >= 15 is 0 Å². The molecule has 7 nitrogen and oxygen atoms in total. The van der Waals surface area contributed by atoms with Gasteiger partial charge >= 0.3 is 47.8 Å². The number of benzene rings is 1. The Kier molecular flexibility index (Phi) is 12.0. The van der Waals surface area contributed by atoms with E-state index in [1.165, 1.54) is 31.2 Å². The Morgan fingerprint density at radius 3 is 1.79 bits per heavy atom. The second kappa shape index (κ2) is 13.6. The van der Waals surface area contributed by atoms with Crippen LogP contribution in [0, 0.1) is 0 Å². The number of halogens is 13. The molecule has 248 valence electrons. The summed E-state index contributed by atoms with van der Waals surface area (Å²) in [5.41, 5.74) is 0.424. The van der Waals surface area contributed by atoms with Crippen molar-refractivity contribution in [1.82, 2.24) is 10.2 Å². The molecular weight excluding hydrogens is 631 g/mol. The highest BCUT2D eigenvalue weighted by Gasteiger charge is 2.90. The highest BCUT2D eigenvalue weighted by Crippen LogP contribution is 2.60. The fraction of sp³-hybridized carbons (Fsp3) is 0.652. The number of nitrogens with one attached hydrogen (secondary N) is 1. The Morgan fingerprint density at radius 1 is 0.837 bits per heavy atom. The van der Waals surface area contributed by atoms with Crippen molar-refractivity contribution < 1.29 is 81.2 Å². The molecule has 43 heavy (non-hydrogen) atoms. The summed E-state index contributed by atoms with van der Waals surface area (Å²) in [5, 5.41) is 10.9. The third-order valence-corrected chi connectivity index (χ3v) is 5.62. The lowest BCUT2D eigenvalue weighted by atomic mass is 9.93. The lowest BCUT2D eigenvalue weighted by Crippen LogP contribution is -2.71. The lowest BCUT2D eigenvalue weighted by Gasteiger charge is -2.40. The van der Waals surface area contributed by atoms with Crippen LogP contribution in [0.15, 0.2) is 24.3 Å². The van der Waals surface area contributed by atoms with Crippen LogP contribution in [0.1, 0.15) is 19.4 Å². The van der Waals surface area contributed by atoms with Crippen LogP contribution in [0.2, 0.25) is 0 Å². The van der Waals surface area contributed by atoms with Crippen LogP contribution in [0.4, 0.5) is 61.9 Å². The summed E-state index contributed by atoms with van der Waals surface area (Å²) >= 11 is 0. The van der Waals surface area contributed by atoms with E-state index in [9.17, 15) is 66.7 Å². The van der Waals surface area contributed by atoms with Crippen molar-refractivity contribution in [2.45, 2.75) is 62.2 Å². The molecule has 0 saturated heterocycles. The Hall–Kier alpha value is -3.19. The van der Waals surface area contributed by atoms with Gasteiger partial charge in [-0.15, -0.1) is 0 Å². The van der Waals surface area contributed by atoms with E-state index in [1.807, 2.05) is 5.32 Å². The monoisotopic (exact) mass is 656 g/mol. The average molecular weight is 656 g/mol. The number of aliphatic carboxylic acids is 1. The van der Waals surface area contributed by atoms with Gasteiger partial charge in [-0.25, -0.2) is 9.59 Å². The number of urea groups is 1. The number of nitrogens with zero attached hydrogens (tertiary/aromatic N) is 1. The number of carboxylic acid groups (broad SMARTS) is 1. The summed E-state index contributed by atoms with van der Waals surface area (Å²) in [7, 11) is 0. The molecule has 20 heteroatoms. The minimum atomic E-state index is -8.05. The predicted octanol–water partition coefficient (Wildman–Crippen LogP) is 5.87. The van der Waals surface area contributed by atoms with E-state index in [0.29, 0.717) is 5.56 Å². The first-order valence-electron chi connectivity index (χ1n) is 12.0. The van der Waals surface area contributed by atoms with Gasteiger partial charge < -0.3 is 24.8 Å². The Bertz CT molecular complexity index is 1080. The van der Waals surface area contributed by atoms with Crippen molar-refractivity contribution in [3.8, 4) is 5.75 Å². The molecule has 1 unspecified atom stereocenters. The molecule has 0 bridgehead atoms. The number of carbonyl (C=O) groups excluding carboxylic acids is 1. The molecule has 0 aromatic heterocycles. The molecule has 1 aromatic carbocycles. The number of hydrogen-bond acceptors (Lipinski definition) is 4. The van der Waals surface area contributed by atoms with Gasteiger partial charge in [0, 0.05) is 19.6 Å². The smallest absolute Gasteiger partial charge is 0.460 e. The van der Waals surface area contributed by atoms with Crippen molar-refractivity contribution in [2.24, 2.45) is 0 Å². The van der Waals surface area contributed by atoms with Crippen molar-refractivity contribution in [3.05, 3.63) is 29.8 Å². The molecular formula is C23H25F13N2O5. The number of amides is 2. The highest BCUT2D eigenvalue weighted by atomic mass is 19.4. The summed E-state index contributed by atoms with van der Waals surface area (Å²) in [5.74, 6) is -39.3. The van der Waals surface area contributed by atoms with E-state index in [2.05, 4.69) is 0 Å². The lowest BCUT2D eigenvalue weighted by molar-refractivity contribution is -0.439. The fourth-order valence-corrected chi connectivity index (χ4v) is 3.28. The van der Waals surface area contributed by atoms with Crippen LogP contribution in [-0.2, 0) is 16.0 Å². The van der Waals surface area contributed by atoms with Crippen LogP contribution in [0.5, 0.6) is 5.75 Å². The van der Waals surface area contributed by atoms with Crippen molar-refractivity contribution >= 4 is 12.0 Å². The number of alkyl halides is 13. The molecule has 0 radical (unpaired) electrons. The molecule has 0 heterocycles. The first-order valence-corrected chi connectivity index (χ1v) is 12.0. The fourth-order valence-electron chi connectivity index (χ4n) is 3.28. The van der Waals surface area contributed by atoms with E-state index in [1.54, 1.807) is 6.92 Å². The number of hydrogen-bond donors (Lipinski definition) is 2. The highest BCUT2D eigenvalue weighted by molar-refractivity contribution is 5.74. The van der Waals surface area contributed by atoms with Gasteiger partial charge in [-0.2, -0.15) is 57.1 Å². The third kappa shape index (κ3) is 8.05. The SMILES string of the molecule is CCNC(=O)N(CCOc1ccc(CC(OCC)C(=O)O)cc1)CC(F)(F)C(F)(F)C(F)(F)C(F)(F)C(F)(F)C(F)(F)F. The molecule has 0 aliphatic heterocycles. The maximum Gasteiger partial charge on any atom is 0.460 e. The van der Waals surface area contributed by atoms with E-state index < -0.39 is 73.6 Å². The normalized spacial score (nSPS) is 14.3. The first-order chi connectivity index (χ1) is 19.4. The number of ether oxygens (including phenoxy) is 2. The summed E-state index contributed by atoms with van der Waals surface area (Å²) in [6.07, 6.45) is -8.82. The maximum absolute atomic E-state index is 14.4. The summed E-state index contributed by atoms with van der Waals surface area (Å²) in [6, 6.07) is 3.48. The van der Waals surface area contributed by atoms with E-state index in [-0.39, 0.29) is 30.2 Å². The largest absolute Gasteiger partial charge is 0.492 e. The van der Waals surface area contributed by atoms with Crippen LogP contribution in [0.25, 0.3) is 0 Å². The average Bonchev–Trinajstić information content (AvgIpc) is 2.87. The second-order valence-electron chi connectivity index (χ2n) is 8.74. The van der Waals surface area contributed by atoms with Gasteiger partial charge in [0.15, 0.2) is 6.10 Å². The second-order valence-corrected chi connectivity index (χ2v) is 8.74. The van der Waals surface area contributed by atoms with Gasteiger partial charge in [0.05, 0.1) is 13.1 Å². The molecule has 0 fully saturated rings. The molecule has 0 saturated carbocycles. The summed E-state index contributed by atoms with van der Waals surface area (Å²) < 4.78 is 185. The summed E-state index contributed by atoms with van der Waals surface area (Å²) in [6.45, 7) is -2.35. The van der Waals surface area contributed by atoms with Crippen molar-refractivity contribution in [2.75, 3.05) is 32.8 Å². The van der Waals surface area contributed by atoms with E-state index in [4.69, 9.17) is 14.6 Å². The Labute approximate surface area is 234 Å². The minimum absolute atomic E-state index is 0.0690. The Balaban J connectivity index is 3.13. The molecule has 1 aromatic rings. The number of carbonyl (C=O) groups is 2. The van der Waals surface area contributed by atoms with E-state index in [0.717, 1.165) is 0 Å². The zero-order valence-corrected chi connectivity index (χ0v) is 22.1. The van der Waals surface area contributed by atoms with Gasteiger partial charge in [-0.1, -0.05) is 12.1 Å². The third-order valence-electron chi connectivity index (χ3n) is 5.62. The zero-order valence-electron chi connectivity index (χ0n) is 22.1. The Morgan fingerprint density at radius 2 is 1.35 bits per heavy atom. The van der Waals surface area contributed by atoms with Crippen LogP contribution in [-0.4, -0.2) is 96.7 Å². The van der Waals surface area contributed by atoms with Gasteiger partial charge in [0.2, 0.25) is 0 Å². The van der Waals surface area contributed by atoms with Gasteiger partial charge in [0.25, 0.3) is 0 Å². The standard InChI is InChI=1S/C23H25F13N2O5/c1-3-37-17(41)38(9-10-43-14-7-5-13(6-8-14)11-15(16(39)40)42-4-2)12-18(24,25)19(26,27)20(28,29)21(30,31)22(32,33)23(34,35)36/h5-8,15H,3-4,9-12H2,1-2H3,(H,37,41)(H,39,40). The van der Waals surface area contributed by atoms with Crippen LogP contribution >= 0.6 is 0 Å². The predicted molar refractivity (Wildman–Crippen MR) is 120 cm³/mol. The van der Waals surface area contributed by atoms with Crippen molar-refractivity contribution in [1.29, 1.82) is 0 Å². The number of carboxylic acids is 1. The molecule has 2 amide bonds. The van der Waals surface area contributed by atoms with Crippen LogP contribution in [0.3, 0.4) is 0 Å². The molecule has 2 N–H and O–H groups in total.